The van der Waals surface area contributed by atoms with Gasteiger partial charge in [-0.1, -0.05) is 36.4 Å². The zero-order valence-corrected chi connectivity index (χ0v) is 17.8. The molecule has 0 unspecified atom stereocenters. The molecule has 0 saturated carbocycles. The van der Waals surface area contributed by atoms with Gasteiger partial charge in [0, 0.05) is 6.54 Å². The standard InChI is InChI=1S/C25H27NO5/c1-28-23-13-8-19(16-24(23)29-2)14-15-26-25(27)18-31-22-11-9-21(10-12-22)30-17-20-6-4-3-5-7-20/h3-13,16H,14-15,17-18H2,1-2H3,(H,26,27). The number of benzene rings is 3. The monoisotopic (exact) mass is 421 g/mol. The summed E-state index contributed by atoms with van der Waals surface area (Å²) in [5.74, 6) is 2.54. The van der Waals surface area contributed by atoms with Gasteiger partial charge in [0.05, 0.1) is 14.2 Å². The highest BCUT2D eigenvalue weighted by Gasteiger charge is 2.06. The van der Waals surface area contributed by atoms with E-state index >= 15 is 0 Å². The number of carbonyl (C=O) groups is 1. The summed E-state index contributed by atoms with van der Waals surface area (Å²) in [7, 11) is 3.20. The minimum atomic E-state index is -0.176. The van der Waals surface area contributed by atoms with Crippen LogP contribution in [-0.2, 0) is 17.8 Å². The third-order valence-electron chi connectivity index (χ3n) is 4.63. The number of hydrogen-bond acceptors (Lipinski definition) is 5. The zero-order chi connectivity index (χ0) is 21.9. The first-order chi connectivity index (χ1) is 15.2. The molecule has 0 atom stereocenters. The van der Waals surface area contributed by atoms with Crippen LogP contribution in [0.5, 0.6) is 23.0 Å². The van der Waals surface area contributed by atoms with Gasteiger partial charge in [-0.25, -0.2) is 0 Å². The second kappa shape index (κ2) is 11.5. The molecule has 1 amide bonds. The summed E-state index contributed by atoms with van der Waals surface area (Å²) in [4.78, 5) is 12.1. The molecular formula is C25H27NO5. The molecule has 0 radical (unpaired) electrons. The Balaban J connectivity index is 1.37. The number of amides is 1. The Morgan fingerprint density at radius 1 is 0.774 bits per heavy atom. The van der Waals surface area contributed by atoms with Crippen LogP contribution in [0.4, 0.5) is 0 Å². The lowest BCUT2D eigenvalue weighted by molar-refractivity contribution is -0.123. The van der Waals surface area contributed by atoms with Crippen LogP contribution in [0.15, 0.2) is 72.8 Å². The smallest absolute Gasteiger partial charge is 0.257 e. The van der Waals surface area contributed by atoms with Crippen LogP contribution in [0.3, 0.4) is 0 Å². The summed E-state index contributed by atoms with van der Waals surface area (Å²) in [5.41, 5.74) is 2.15. The maximum Gasteiger partial charge on any atom is 0.257 e. The summed E-state index contributed by atoms with van der Waals surface area (Å²) in [6.45, 7) is 0.962. The van der Waals surface area contributed by atoms with E-state index in [2.05, 4.69) is 5.32 Å². The van der Waals surface area contributed by atoms with Crippen molar-refractivity contribution in [1.29, 1.82) is 0 Å². The fraction of sp³-hybridized carbons (Fsp3) is 0.240. The summed E-state index contributed by atoms with van der Waals surface area (Å²) in [5, 5.41) is 2.86. The third kappa shape index (κ3) is 6.96. The topological polar surface area (TPSA) is 66.0 Å². The summed E-state index contributed by atoms with van der Waals surface area (Å²) < 4.78 is 21.8. The third-order valence-corrected chi connectivity index (χ3v) is 4.63. The molecule has 0 aliphatic carbocycles. The number of rotatable bonds is 11. The van der Waals surface area contributed by atoms with Crippen molar-refractivity contribution < 1.29 is 23.7 Å². The van der Waals surface area contributed by atoms with Crippen LogP contribution < -0.4 is 24.3 Å². The van der Waals surface area contributed by atoms with Crippen molar-refractivity contribution in [3.8, 4) is 23.0 Å². The molecule has 0 bridgehead atoms. The minimum absolute atomic E-state index is 0.0455. The van der Waals surface area contributed by atoms with Gasteiger partial charge in [0.25, 0.3) is 5.91 Å². The lowest BCUT2D eigenvalue weighted by Gasteiger charge is -2.11. The van der Waals surface area contributed by atoms with Gasteiger partial charge in [0.15, 0.2) is 18.1 Å². The first-order valence-electron chi connectivity index (χ1n) is 10.0. The van der Waals surface area contributed by atoms with E-state index in [-0.39, 0.29) is 12.5 Å². The van der Waals surface area contributed by atoms with Crippen molar-refractivity contribution in [2.45, 2.75) is 13.0 Å². The summed E-state index contributed by atoms with van der Waals surface area (Å²) in [6, 6.07) is 22.9. The molecule has 0 saturated heterocycles. The van der Waals surface area contributed by atoms with Gasteiger partial charge in [-0.15, -0.1) is 0 Å². The number of hydrogen-bond donors (Lipinski definition) is 1. The molecule has 6 heteroatoms. The van der Waals surface area contributed by atoms with Gasteiger partial charge in [-0.2, -0.15) is 0 Å². The van der Waals surface area contributed by atoms with Crippen molar-refractivity contribution in [3.63, 3.8) is 0 Å². The molecule has 0 heterocycles. The quantitative estimate of drug-likeness (QED) is 0.507. The van der Waals surface area contributed by atoms with Crippen LogP contribution >= 0.6 is 0 Å². The average Bonchev–Trinajstić information content (AvgIpc) is 2.82. The SMILES string of the molecule is COc1ccc(CCNC(=O)COc2ccc(OCc3ccccc3)cc2)cc1OC. The van der Waals surface area contributed by atoms with Crippen molar-refractivity contribution >= 4 is 5.91 Å². The number of methoxy groups -OCH3 is 2. The van der Waals surface area contributed by atoms with E-state index in [9.17, 15) is 4.79 Å². The Morgan fingerprint density at radius 3 is 2.13 bits per heavy atom. The maximum atomic E-state index is 12.1. The van der Waals surface area contributed by atoms with Gasteiger partial charge in [-0.05, 0) is 53.9 Å². The predicted octanol–water partition coefficient (Wildman–Crippen LogP) is 4.02. The summed E-state index contributed by atoms with van der Waals surface area (Å²) in [6.07, 6.45) is 0.680. The Morgan fingerprint density at radius 2 is 1.45 bits per heavy atom. The van der Waals surface area contributed by atoms with Crippen molar-refractivity contribution in [1.82, 2.24) is 5.32 Å². The van der Waals surface area contributed by atoms with E-state index in [0.717, 1.165) is 16.9 Å². The van der Waals surface area contributed by atoms with Gasteiger partial charge < -0.3 is 24.3 Å². The van der Waals surface area contributed by atoms with Crippen LogP contribution in [0, 0.1) is 0 Å². The molecular weight excluding hydrogens is 394 g/mol. The Kier molecular flexibility index (Phi) is 8.17. The number of ether oxygens (including phenoxy) is 4. The molecule has 162 valence electrons. The lowest BCUT2D eigenvalue weighted by atomic mass is 10.1. The minimum Gasteiger partial charge on any atom is -0.493 e. The largest absolute Gasteiger partial charge is 0.493 e. The maximum absolute atomic E-state index is 12.1. The Hall–Kier alpha value is -3.67. The number of nitrogens with one attached hydrogen (secondary N) is 1. The molecule has 3 rings (SSSR count). The van der Waals surface area contributed by atoms with Gasteiger partial charge >= 0.3 is 0 Å². The van der Waals surface area contributed by atoms with Crippen molar-refractivity contribution in [3.05, 3.63) is 83.9 Å². The highest BCUT2D eigenvalue weighted by molar-refractivity contribution is 5.77. The van der Waals surface area contributed by atoms with Crippen LogP contribution in [0.2, 0.25) is 0 Å². The fourth-order valence-electron chi connectivity index (χ4n) is 2.96. The Labute approximate surface area is 182 Å². The average molecular weight is 421 g/mol. The van der Waals surface area contributed by atoms with Gasteiger partial charge in [0.2, 0.25) is 0 Å². The van der Waals surface area contributed by atoms with Crippen molar-refractivity contribution in [2.75, 3.05) is 27.4 Å². The van der Waals surface area contributed by atoms with E-state index in [0.29, 0.717) is 36.8 Å². The van der Waals surface area contributed by atoms with Crippen LogP contribution in [0.1, 0.15) is 11.1 Å². The normalized spacial score (nSPS) is 10.3. The van der Waals surface area contributed by atoms with Crippen LogP contribution in [0.25, 0.3) is 0 Å². The molecule has 0 fully saturated rings. The second-order valence-electron chi connectivity index (χ2n) is 6.82. The van der Waals surface area contributed by atoms with E-state index in [1.165, 1.54) is 0 Å². The molecule has 3 aromatic rings. The van der Waals surface area contributed by atoms with E-state index in [4.69, 9.17) is 18.9 Å². The molecule has 6 nitrogen and oxygen atoms in total. The Bertz CT molecular complexity index is 957. The lowest BCUT2D eigenvalue weighted by Crippen LogP contribution is -2.30. The van der Waals surface area contributed by atoms with E-state index in [1.54, 1.807) is 26.4 Å². The van der Waals surface area contributed by atoms with Gasteiger partial charge in [-0.3, -0.25) is 4.79 Å². The van der Waals surface area contributed by atoms with E-state index in [1.807, 2.05) is 60.7 Å². The molecule has 3 aromatic carbocycles. The molecule has 0 aliphatic rings. The second-order valence-corrected chi connectivity index (χ2v) is 6.82. The van der Waals surface area contributed by atoms with Crippen molar-refractivity contribution in [2.24, 2.45) is 0 Å². The van der Waals surface area contributed by atoms with E-state index < -0.39 is 0 Å². The molecule has 1 N–H and O–H groups in total. The molecule has 0 aliphatic heterocycles. The highest BCUT2D eigenvalue weighted by atomic mass is 16.5. The molecule has 0 aromatic heterocycles. The van der Waals surface area contributed by atoms with Crippen LogP contribution in [-0.4, -0.2) is 33.3 Å². The predicted molar refractivity (Wildman–Crippen MR) is 119 cm³/mol. The molecule has 31 heavy (non-hydrogen) atoms. The zero-order valence-electron chi connectivity index (χ0n) is 17.8. The highest BCUT2D eigenvalue weighted by Crippen LogP contribution is 2.27. The summed E-state index contributed by atoms with van der Waals surface area (Å²) >= 11 is 0. The fourth-order valence-corrected chi connectivity index (χ4v) is 2.96. The molecule has 0 spiro atoms. The van der Waals surface area contributed by atoms with Gasteiger partial charge in [0.1, 0.15) is 18.1 Å². The first-order valence-corrected chi connectivity index (χ1v) is 10.0. The number of carbonyl (C=O) groups excluding carboxylic acids is 1. The first kappa shape index (κ1) is 22.0.